The highest BCUT2D eigenvalue weighted by Gasteiger charge is 2.21. The Hall–Kier alpha value is -3.18. The van der Waals surface area contributed by atoms with E-state index in [1.807, 2.05) is 30.3 Å². The minimum atomic E-state index is 0.805. The maximum Gasteiger partial charge on any atom is 0.134 e. The van der Waals surface area contributed by atoms with E-state index in [9.17, 15) is 0 Å². The van der Waals surface area contributed by atoms with Crippen molar-refractivity contribution in [3.63, 3.8) is 0 Å². The molecule has 0 N–H and O–H groups in total. The molecule has 4 rings (SSSR count). The maximum absolute atomic E-state index is 5.40. The molecule has 25 heavy (non-hydrogen) atoms. The van der Waals surface area contributed by atoms with E-state index < -0.39 is 0 Å². The van der Waals surface area contributed by atoms with Gasteiger partial charge >= 0.3 is 0 Å². The van der Waals surface area contributed by atoms with Crippen LogP contribution in [-0.2, 0) is 6.42 Å². The first-order valence-corrected chi connectivity index (χ1v) is 8.46. The molecule has 0 amide bonds. The zero-order valence-electron chi connectivity index (χ0n) is 14.2. The van der Waals surface area contributed by atoms with Crippen molar-refractivity contribution in [2.75, 3.05) is 18.6 Å². The highest BCUT2D eigenvalue weighted by molar-refractivity contribution is 5.74. The number of anilines is 2. The molecular formula is C23H19NO. The molecule has 0 fully saturated rings. The van der Waals surface area contributed by atoms with Gasteiger partial charge in [0.25, 0.3) is 0 Å². The predicted octanol–water partition coefficient (Wildman–Crippen LogP) is 4.79. The standard InChI is InChI=1S/C23H19NO/c1-25-23-13-7-4-10-20(23)15-14-18-8-2-5-11-21(18)24-17-16-19-9-3-6-12-22(19)24/h2-13H,16-17H2,1H3. The van der Waals surface area contributed by atoms with Gasteiger partial charge in [0, 0.05) is 17.8 Å². The fraction of sp³-hybridized carbons (Fsp3) is 0.130. The Morgan fingerprint density at radius 1 is 0.760 bits per heavy atom. The molecule has 0 radical (unpaired) electrons. The van der Waals surface area contributed by atoms with Gasteiger partial charge in [-0.05, 0) is 42.3 Å². The van der Waals surface area contributed by atoms with Gasteiger partial charge in [-0.1, -0.05) is 54.3 Å². The van der Waals surface area contributed by atoms with Gasteiger partial charge < -0.3 is 9.64 Å². The summed E-state index contributed by atoms with van der Waals surface area (Å²) in [5.74, 6) is 7.41. The zero-order valence-corrected chi connectivity index (χ0v) is 14.2. The average molecular weight is 325 g/mol. The van der Waals surface area contributed by atoms with E-state index in [2.05, 4.69) is 59.2 Å². The first-order valence-electron chi connectivity index (χ1n) is 8.46. The van der Waals surface area contributed by atoms with E-state index in [4.69, 9.17) is 4.74 Å². The summed E-state index contributed by atoms with van der Waals surface area (Å²) in [6.07, 6.45) is 1.07. The summed E-state index contributed by atoms with van der Waals surface area (Å²) in [6.45, 7) is 0.993. The number of methoxy groups -OCH3 is 1. The third kappa shape index (κ3) is 2.97. The molecule has 0 bridgehead atoms. The van der Waals surface area contributed by atoms with Crippen molar-refractivity contribution in [2.45, 2.75) is 6.42 Å². The van der Waals surface area contributed by atoms with Gasteiger partial charge in [-0.25, -0.2) is 0 Å². The molecule has 2 nitrogen and oxygen atoms in total. The average Bonchev–Trinajstić information content (AvgIpc) is 3.11. The van der Waals surface area contributed by atoms with Crippen LogP contribution in [0.15, 0.2) is 72.8 Å². The van der Waals surface area contributed by atoms with E-state index in [-0.39, 0.29) is 0 Å². The molecule has 0 spiro atoms. The molecule has 122 valence electrons. The third-order valence-corrected chi connectivity index (χ3v) is 4.52. The highest BCUT2D eigenvalue weighted by atomic mass is 16.5. The summed E-state index contributed by atoms with van der Waals surface area (Å²) in [4.78, 5) is 2.36. The summed E-state index contributed by atoms with van der Waals surface area (Å²) >= 11 is 0. The first-order chi connectivity index (χ1) is 12.4. The summed E-state index contributed by atoms with van der Waals surface area (Å²) in [7, 11) is 1.68. The van der Waals surface area contributed by atoms with Crippen molar-refractivity contribution in [1.82, 2.24) is 0 Å². The number of ether oxygens (including phenoxy) is 1. The normalized spacial score (nSPS) is 12.3. The summed E-state index contributed by atoms with van der Waals surface area (Å²) in [5, 5.41) is 0. The SMILES string of the molecule is COc1ccccc1C#Cc1ccccc1N1CCc2ccccc21. The van der Waals surface area contributed by atoms with Crippen molar-refractivity contribution in [3.8, 4) is 17.6 Å². The first kappa shape index (κ1) is 15.4. The van der Waals surface area contributed by atoms with Gasteiger partial charge in [0.15, 0.2) is 0 Å². The second kappa shape index (κ2) is 6.75. The molecule has 0 aromatic heterocycles. The number of hydrogen-bond acceptors (Lipinski definition) is 2. The number of hydrogen-bond donors (Lipinski definition) is 0. The molecule has 0 saturated heterocycles. The van der Waals surface area contributed by atoms with Gasteiger partial charge in [0.1, 0.15) is 5.75 Å². The van der Waals surface area contributed by atoms with Gasteiger partial charge in [0.05, 0.1) is 18.4 Å². The minimum absolute atomic E-state index is 0.805. The van der Waals surface area contributed by atoms with Crippen molar-refractivity contribution < 1.29 is 4.74 Å². The Balaban J connectivity index is 1.74. The quantitative estimate of drug-likeness (QED) is 0.628. The zero-order chi connectivity index (χ0) is 17.1. The van der Waals surface area contributed by atoms with Crippen LogP contribution in [0.5, 0.6) is 5.75 Å². The Morgan fingerprint density at radius 3 is 2.24 bits per heavy atom. The Bertz CT molecular complexity index is 965. The second-order valence-electron chi connectivity index (χ2n) is 6.00. The van der Waals surface area contributed by atoms with E-state index in [0.29, 0.717) is 0 Å². The van der Waals surface area contributed by atoms with Crippen LogP contribution in [0.1, 0.15) is 16.7 Å². The number of nitrogens with zero attached hydrogens (tertiary/aromatic N) is 1. The lowest BCUT2D eigenvalue weighted by Gasteiger charge is -2.21. The fourth-order valence-corrected chi connectivity index (χ4v) is 3.29. The lowest BCUT2D eigenvalue weighted by Crippen LogP contribution is -2.14. The second-order valence-corrected chi connectivity index (χ2v) is 6.00. The lowest BCUT2D eigenvalue weighted by atomic mass is 10.1. The molecule has 3 aromatic rings. The Morgan fingerprint density at radius 2 is 1.40 bits per heavy atom. The Labute approximate surface area is 148 Å². The van der Waals surface area contributed by atoms with Crippen molar-refractivity contribution in [1.29, 1.82) is 0 Å². The monoisotopic (exact) mass is 325 g/mol. The van der Waals surface area contributed by atoms with Crippen LogP contribution in [0.4, 0.5) is 11.4 Å². The molecule has 3 aromatic carbocycles. The number of benzene rings is 3. The number of para-hydroxylation sites is 3. The van der Waals surface area contributed by atoms with Crippen LogP contribution in [0.2, 0.25) is 0 Å². The van der Waals surface area contributed by atoms with Gasteiger partial charge in [-0.3, -0.25) is 0 Å². The number of rotatable bonds is 2. The van der Waals surface area contributed by atoms with E-state index in [1.165, 1.54) is 11.3 Å². The minimum Gasteiger partial charge on any atom is -0.495 e. The third-order valence-electron chi connectivity index (χ3n) is 4.52. The highest BCUT2D eigenvalue weighted by Crippen LogP contribution is 2.35. The fourth-order valence-electron chi connectivity index (χ4n) is 3.29. The molecule has 0 unspecified atom stereocenters. The van der Waals surface area contributed by atoms with Gasteiger partial charge in [-0.15, -0.1) is 0 Å². The van der Waals surface area contributed by atoms with Crippen LogP contribution in [0.3, 0.4) is 0 Å². The smallest absolute Gasteiger partial charge is 0.134 e. The molecule has 0 saturated carbocycles. The molecule has 1 aliphatic rings. The maximum atomic E-state index is 5.40. The van der Waals surface area contributed by atoms with Crippen LogP contribution in [0.25, 0.3) is 0 Å². The van der Waals surface area contributed by atoms with Crippen LogP contribution in [0, 0.1) is 11.8 Å². The Kier molecular flexibility index (Phi) is 4.14. The summed E-state index contributed by atoms with van der Waals surface area (Å²) in [5.41, 5.74) is 5.78. The van der Waals surface area contributed by atoms with E-state index in [0.717, 1.165) is 35.5 Å². The molecule has 1 heterocycles. The van der Waals surface area contributed by atoms with Crippen LogP contribution in [-0.4, -0.2) is 13.7 Å². The molecule has 0 aliphatic carbocycles. The van der Waals surface area contributed by atoms with Crippen LogP contribution < -0.4 is 9.64 Å². The van der Waals surface area contributed by atoms with E-state index >= 15 is 0 Å². The van der Waals surface area contributed by atoms with Crippen molar-refractivity contribution in [3.05, 3.63) is 89.5 Å². The van der Waals surface area contributed by atoms with Crippen molar-refractivity contribution in [2.24, 2.45) is 0 Å². The predicted molar refractivity (Wildman–Crippen MR) is 103 cm³/mol. The molecular weight excluding hydrogens is 306 g/mol. The summed E-state index contributed by atoms with van der Waals surface area (Å²) < 4.78 is 5.40. The van der Waals surface area contributed by atoms with Crippen molar-refractivity contribution >= 4 is 11.4 Å². The lowest BCUT2D eigenvalue weighted by molar-refractivity contribution is 0.413. The largest absolute Gasteiger partial charge is 0.495 e. The summed E-state index contributed by atoms with van der Waals surface area (Å²) in [6, 6.07) is 24.8. The molecule has 1 aliphatic heterocycles. The van der Waals surface area contributed by atoms with Crippen LogP contribution >= 0.6 is 0 Å². The number of fused-ring (bicyclic) bond motifs is 1. The topological polar surface area (TPSA) is 12.5 Å². The molecule has 2 heteroatoms. The van der Waals surface area contributed by atoms with E-state index in [1.54, 1.807) is 7.11 Å². The molecule has 0 atom stereocenters. The van der Waals surface area contributed by atoms with Gasteiger partial charge in [-0.2, -0.15) is 0 Å². The van der Waals surface area contributed by atoms with Gasteiger partial charge in [0.2, 0.25) is 0 Å².